The molecular weight excluding hydrogens is 519 g/mol. The number of hydrogen-bond donors (Lipinski definition) is 1. The Kier molecular flexibility index (Phi) is 7.82. The molecule has 11 atom stereocenters. The summed E-state index contributed by atoms with van der Waals surface area (Å²) >= 11 is 2.53. The van der Waals surface area contributed by atoms with E-state index < -0.39 is 0 Å². The van der Waals surface area contributed by atoms with Gasteiger partial charge in [-0.05, 0) is 117 Å². The number of aliphatic hydroxyl groups excluding tert-OH is 1. The smallest absolute Gasteiger partial charge is 0.136 e. The van der Waals surface area contributed by atoms with Crippen LogP contribution >= 0.6 is 22.6 Å². The zero-order chi connectivity index (χ0) is 24.1. The van der Waals surface area contributed by atoms with E-state index in [0.29, 0.717) is 35.4 Å². The molecule has 0 aliphatic heterocycles. The molecule has 0 amide bonds. The lowest BCUT2D eigenvalue weighted by molar-refractivity contribution is -0.160. The molecule has 0 bridgehead atoms. The van der Waals surface area contributed by atoms with E-state index in [-0.39, 0.29) is 22.9 Å². The molecule has 11 unspecified atom stereocenters. The highest BCUT2D eigenvalue weighted by Gasteiger charge is 2.63. The first kappa shape index (κ1) is 26.2. The van der Waals surface area contributed by atoms with Crippen LogP contribution in [-0.2, 0) is 4.79 Å². The zero-order valence-corrected chi connectivity index (χ0v) is 24.1. The van der Waals surface area contributed by atoms with Gasteiger partial charge >= 0.3 is 0 Å². The number of hydrogen-bond acceptors (Lipinski definition) is 2. The fourth-order valence-corrected chi connectivity index (χ4v) is 10.1. The fraction of sp³-hybridized carbons (Fsp3) is 0.900. The third-order valence-corrected chi connectivity index (χ3v) is 13.2. The maximum Gasteiger partial charge on any atom is 0.136 e. The molecular formula is C30H49IO2. The lowest BCUT2D eigenvalue weighted by Gasteiger charge is -2.60. The van der Waals surface area contributed by atoms with Crippen molar-refractivity contribution in [2.45, 2.75) is 105 Å². The number of allylic oxidation sites excluding steroid dienone is 1. The highest BCUT2D eigenvalue weighted by Crippen LogP contribution is 2.68. The Balaban J connectivity index is 1.54. The molecule has 188 valence electrons. The number of alkyl halides is 1. The topological polar surface area (TPSA) is 37.3 Å². The van der Waals surface area contributed by atoms with E-state index in [1.54, 1.807) is 0 Å². The van der Waals surface area contributed by atoms with Crippen molar-refractivity contribution in [3.8, 4) is 0 Å². The van der Waals surface area contributed by atoms with Crippen molar-refractivity contribution in [1.29, 1.82) is 0 Å². The van der Waals surface area contributed by atoms with E-state index in [1.807, 2.05) is 0 Å². The Morgan fingerprint density at radius 3 is 2.39 bits per heavy atom. The van der Waals surface area contributed by atoms with E-state index in [1.165, 1.54) is 48.5 Å². The number of fused-ring (bicyclic) bond motifs is 5. The SMILES string of the molecule is C=C(C)C(CCC(C)C(C)CI)C1CCC2C3C(=O)CC4CC(O)CCC4(C)C3CCC12C. The average Bonchev–Trinajstić information content (AvgIpc) is 3.11. The van der Waals surface area contributed by atoms with Crippen molar-refractivity contribution in [3.63, 3.8) is 0 Å². The van der Waals surface area contributed by atoms with Crippen molar-refractivity contribution < 1.29 is 9.90 Å². The summed E-state index contributed by atoms with van der Waals surface area (Å²) in [6, 6.07) is 0. The Morgan fingerprint density at radius 2 is 1.73 bits per heavy atom. The number of carbonyl (C=O) groups excluding carboxylic acids is 1. The van der Waals surface area contributed by atoms with E-state index in [9.17, 15) is 9.90 Å². The predicted octanol–water partition coefficient (Wildman–Crippen LogP) is 7.86. The molecule has 0 saturated heterocycles. The van der Waals surface area contributed by atoms with Crippen LogP contribution in [0.1, 0.15) is 98.8 Å². The zero-order valence-electron chi connectivity index (χ0n) is 21.9. The second kappa shape index (κ2) is 9.87. The van der Waals surface area contributed by atoms with Gasteiger partial charge in [-0.15, -0.1) is 0 Å². The van der Waals surface area contributed by atoms with Gasteiger partial charge in [-0.1, -0.05) is 62.4 Å². The van der Waals surface area contributed by atoms with E-state index in [2.05, 4.69) is 63.8 Å². The summed E-state index contributed by atoms with van der Waals surface area (Å²) in [5, 5.41) is 10.3. The number of aliphatic hydroxyl groups is 1. The third kappa shape index (κ3) is 4.53. The molecule has 4 fully saturated rings. The van der Waals surface area contributed by atoms with Gasteiger partial charge in [-0.2, -0.15) is 0 Å². The van der Waals surface area contributed by atoms with Crippen LogP contribution in [0.4, 0.5) is 0 Å². The number of Topliss-reactive ketones (excluding diaryl/α,β-unsaturated/α-hetero) is 1. The van der Waals surface area contributed by atoms with E-state index in [4.69, 9.17) is 0 Å². The Morgan fingerprint density at radius 1 is 1.06 bits per heavy atom. The normalized spacial score (nSPS) is 45.5. The highest BCUT2D eigenvalue weighted by atomic mass is 127. The summed E-state index contributed by atoms with van der Waals surface area (Å²) in [4.78, 5) is 13.7. The van der Waals surface area contributed by atoms with Crippen molar-refractivity contribution in [1.82, 2.24) is 0 Å². The molecule has 2 nitrogen and oxygen atoms in total. The second-order valence-corrected chi connectivity index (χ2v) is 14.3. The summed E-state index contributed by atoms with van der Waals surface area (Å²) < 4.78 is 1.24. The first-order chi connectivity index (χ1) is 15.5. The van der Waals surface area contributed by atoms with Crippen molar-refractivity contribution in [2.24, 2.45) is 58.2 Å². The number of halogens is 1. The standard InChI is InChI=1S/C30H49IO2/c1-18(2)23(8-7-19(3)20(4)17-31)24-9-10-25-28-26(12-14-30(24,25)6)29(5)13-11-22(32)15-21(29)16-27(28)33/h19-26,28,32H,1,7-17H2,2-6H3. The van der Waals surface area contributed by atoms with Crippen LogP contribution in [0, 0.1) is 58.2 Å². The molecule has 4 aliphatic rings. The van der Waals surface area contributed by atoms with Gasteiger partial charge in [0.1, 0.15) is 5.78 Å². The predicted molar refractivity (Wildman–Crippen MR) is 146 cm³/mol. The third-order valence-electron chi connectivity index (χ3n) is 11.8. The molecule has 3 heteroatoms. The van der Waals surface area contributed by atoms with Crippen molar-refractivity contribution in [3.05, 3.63) is 12.2 Å². The van der Waals surface area contributed by atoms with Crippen LogP contribution in [-0.4, -0.2) is 21.4 Å². The monoisotopic (exact) mass is 568 g/mol. The lowest BCUT2D eigenvalue weighted by Crippen LogP contribution is -2.57. The summed E-state index contributed by atoms with van der Waals surface area (Å²) in [7, 11) is 0. The molecule has 1 N–H and O–H groups in total. The fourth-order valence-electron chi connectivity index (χ4n) is 9.28. The molecule has 0 spiro atoms. The van der Waals surface area contributed by atoms with Gasteiger partial charge in [0.25, 0.3) is 0 Å². The van der Waals surface area contributed by atoms with Gasteiger partial charge in [0, 0.05) is 16.8 Å². The van der Waals surface area contributed by atoms with Gasteiger partial charge in [-0.25, -0.2) is 0 Å². The largest absolute Gasteiger partial charge is 0.393 e. The van der Waals surface area contributed by atoms with Crippen LogP contribution in [0.15, 0.2) is 12.2 Å². The summed E-state index contributed by atoms with van der Waals surface area (Å²) in [6.45, 7) is 16.6. The molecule has 0 radical (unpaired) electrons. The Hall–Kier alpha value is 0.1000. The van der Waals surface area contributed by atoms with Gasteiger partial charge in [-0.3, -0.25) is 4.79 Å². The minimum absolute atomic E-state index is 0.189. The van der Waals surface area contributed by atoms with Gasteiger partial charge in [0.2, 0.25) is 0 Å². The maximum absolute atomic E-state index is 13.7. The molecule has 0 aromatic rings. The van der Waals surface area contributed by atoms with Gasteiger partial charge < -0.3 is 5.11 Å². The minimum atomic E-state index is -0.189. The minimum Gasteiger partial charge on any atom is -0.393 e. The summed E-state index contributed by atoms with van der Waals surface area (Å²) in [5.74, 6) is 5.16. The molecule has 4 rings (SSSR count). The first-order valence-corrected chi connectivity index (χ1v) is 15.5. The van der Waals surface area contributed by atoms with E-state index in [0.717, 1.165) is 37.5 Å². The van der Waals surface area contributed by atoms with Crippen LogP contribution in [0.3, 0.4) is 0 Å². The Bertz CT molecular complexity index is 748. The number of rotatable bonds is 7. The number of ketones is 1. The summed E-state index contributed by atoms with van der Waals surface area (Å²) in [5.41, 5.74) is 1.92. The molecule has 4 saturated carbocycles. The van der Waals surface area contributed by atoms with Crippen molar-refractivity contribution in [2.75, 3.05) is 4.43 Å². The molecule has 0 aromatic carbocycles. The van der Waals surface area contributed by atoms with E-state index >= 15 is 0 Å². The summed E-state index contributed by atoms with van der Waals surface area (Å²) in [6.07, 6.45) is 11.0. The Labute approximate surface area is 217 Å². The van der Waals surface area contributed by atoms with Crippen LogP contribution < -0.4 is 0 Å². The first-order valence-electron chi connectivity index (χ1n) is 13.9. The average molecular weight is 569 g/mol. The number of carbonyl (C=O) groups is 1. The van der Waals surface area contributed by atoms with Crippen LogP contribution in [0.2, 0.25) is 0 Å². The van der Waals surface area contributed by atoms with Crippen molar-refractivity contribution >= 4 is 28.4 Å². The van der Waals surface area contributed by atoms with Crippen LogP contribution in [0.5, 0.6) is 0 Å². The quantitative estimate of drug-likeness (QED) is 0.193. The molecule has 33 heavy (non-hydrogen) atoms. The molecule has 0 heterocycles. The van der Waals surface area contributed by atoms with Gasteiger partial charge in [0.05, 0.1) is 6.10 Å². The lowest BCUT2D eigenvalue weighted by atomic mass is 9.44. The molecule has 4 aliphatic carbocycles. The van der Waals surface area contributed by atoms with Crippen LogP contribution in [0.25, 0.3) is 0 Å². The highest BCUT2D eigenvalue weighted by molar-refractivity contribution is 14.1. The maximum atomic E-state index is 13.7. The molecule has 0 aromatic heterocycles. The van der Waals surface area contributed by atoms with Gasteiger partial charge in [0.15, 0.2) is 0 Å². The second-order valence-electron chi connectivity index (χ2n) is 13.4.